The van der Waals surface area contributed by atoms with E-state index in [4.69, 9.17) is 9.47 Å². The van der Waals surface area contributed by atoms with Gasteiger partial charge in [-0.1, -0.05) is 12.1 Å². The molecule has 0 saturated heterocycles. The maximum Gasteiger partial charge on any atom is 0.262 e. The maximum atomic E-state index is 12.0. The predicted octanol–water partition coefficient (Wildman–Crippen LogP) is 2.80. The first kappa shape index (κ1) is 18.3. The summed E-state index contributed by atoms with van der Waals surface area (Å²) in [7, 11) is 3.38. The molecule has 2 amide bonds. The minimum Gasteiger partial charge on any atom is -0.490 e. The minimum absolute atomic E-state index is 0.0891. The van der Waals surface area contributed by atoms with E-state index in [0.29, 0.717) is 29.4 Å². The zero-order valence-corrected chi connectivity index (χ0v) is 14.6. The van der Waals surface area contributed by atoms with Gasteiger partial charge in [-0.3, -0.25) is 9.59 Å². The van der Waals surface area contributed by atoms with Crippen LogP contribution in [0.4, 0.5) is 5.69 Å². The Morgan fingerprint density at radius 3 is 2.12 bits per heavy atom. The molecule has 25 heavy (non-hydrogen) atoms. The van der Waals surface area contributed by atoms with Crippen molar-refractivity contribution in [3.63, 3.8) is 0 Å². The third kappa shape index (κ3) is 5.24. The van der Waals surface area contributed by atoms with Gasteiger partial charge < -0.3 is 19.7 Å². The normalized spacial score (nSPS) is 10.0. The molecule has 0 fully saturated rings. The highest BCUT2D eigenvalue weighted by Gasteiger charge is 2.10. The Bertz CT molecular complexity index is 726. The molecule has 0 spiro atoms. The van der Waals surface area contributed by atoms with Crippen LogP contribution in [0.5, 0.6) is 11.5 Å². The van der Waals surface area contributed by atoms with Crippen LogP contribution in [-0.4, -0.2) is 44.0 Å². The lowest BCUT2D eigenvalue weighted by Gasteiger charge is -2.12. The standard InChI is InChI=1S/C19H22N2O4/c1-4-24-16-7-5-6-8-17(16)25-13-18(22)20-15-11-9-14(10-12-15)19(23)21(2)3/h5-12H,4,13H2,1-3H3,(H,20,22). The van der Waals surface area contributed by atoms with Crippen LogP contribution in [0, 0.1) is 0 Å². The SMILES string of the molecule is CCOc1ccccc1OCC(=O)Nc1ccc(C(=O)N(C)C)cc1. The summed E-state index contributed by atoms with van der Waals surface area (Å²) in [5.41, 5.74) is 1.16. The zero-order valence-electron chi connectivity index (χ0n) is 14.6. The second kappa shape index (κ2) is 8.73. The van der Waals surface area contributed by atoms with Gasteiger partial charge in [0.1, 0.15) is 0 Å². The second-order valence-corrected chi connectivity index (χ2v) is 5.49. The Morgan fingerprint density at radius 2 is 1.56 bits per heavy atom. The van der Waals surface area contributed by atoms with Crippen molar-refractivity contribution in [2.24, 2.45) is 0 Å². The minimum atomic E-state index is -0.294. The fourth-order valence-corrected chi connectivity index (χ4v) is 2.14. The summed E-state index contributed by atoms with van der Waals surface area (Å²) in [4.78, 5) is 25.4. The van der Waals surface area contributed by atoms with Gasteiger partial charge >= 0.3 is 0 Å². The summed E-state index contributed by atoms with van der Waals surface area (Å²) >= 11 is 0. The van der Waals surface area contributed by atoms with E-state index in [2.05, 4.69) is 5.32 Å². The Morgan fingerprint density at radius 1 is 0.960 bits per heavy atom. The van der Waals surface area contributed by atoms with Crippen LogP contribution in [0.1, 0.15) is 17.3 Å². The lowest BCUT2D eigenvalue weighted by Crippen LogP contribution is -2.22. The Balaban J connectivity index is 1.91. The highest BCUT2D eigenvalue weighted by molar-refractivity contribution is 5.95. The molecular weight excluding hydrogens is 320 g/mol. The van der Waals surface area contributed by atoms with Gasteiger partial charge in [0.2, 0.25) is 0 Å². The molecule has 0 aromatic heterocycles. The molecule has 6 nitrogen and oxygen atoms in total. The van der Waals surface area contributed by atoms with E-state index in [1.165, 1.54) is 4.90 Å². The first-order chi connectivity index (χ1) is 12.0. The fraction of sp³-hybridized carbons (Fsp3) is 0.263. The molecule has 6 heteroatoms. The van der Waals surface area contributed by atoms with Crippen LogP contribution in [0.2, 0.25) is 0 Å². The van der Waals surface area contributed by atoms with Crippen molar-refractivity contribution in [1.82, 2.24) is 4.90 Å². The van der Waals surface area contributed by atoms with Crippen molar-refractivity contribution in [2.45, 2.75) is 6.92 Å². The number of rotatable bonds is 7. The van der Waals surface area contributed by atoms with E-state index in [9.17, 15) is 9.59 Å². The summed E-state index contributed by atoms with van der Waals surface area (Å²) < 4.78 is 11.0. The molecule has 1 N–H and O–H groups in total. The van der Waals surface area contributed by atoms with E-state index >= 15 is 0 Å². The second-order valence-electron chi connectivity index (χ2n) is 5.49. The average molecular weight is 342 g/mol. The molecule has 2 aromatic rings. The highest BCUT2D eigenvalue weighted by atomic mass is 16.5. The number of anilines is 1. The monoisotopic (exact) mass is 342 g/mol. The molecule has 0 heterocycles. The van der Waals surface area contributed by atoms with Gasteiger partial charge in [-0.25, -0.2) is 0 Å². The number of nitrogens with one attached hydrogen (secondary N) is 1. The van der Waals surface area contributed by atoms with Gasteiger partial charge in [0, 0.05) is 25.3 Å². The fourth-order valence-electron chi connectivity index (χ4n) is 2.14. The van der Waals surface area contributed by atoms with Crippen molar-refractivity contribution in [2.75, 3.05) is 32.6 Å². The summed E-state index contributed by atoms with van der Waals surface area (Å²) in [6.45, 7) is 2.27. The number of carbonyl (C=O) groups is 2. The van der Waals surface area contributed by atoms with Crippen LogP contribution < -0.4 is 14.8 Å². The van der Waals surface area contributed by atoms with Gasteiger partial charge in [0.05, 0.1) is 6.61 Å². The van der Waals surface area contributed by atoms with Crippen LogP contribution in [0.25, 0.3) is 0 Å². The molecule has 0 aliphatic rings. The number of ether oxygens (including phenoxy) is 2. The molecule has 2 aromatic carbocycles. The third-order valence-corrected chi connectivity index (χ3v) is 3.33. The summed E-state index contributed by atoms with van der Waals surface area (Å²) in [6.07, 6.45) is 0. The molecule has 0 atom stereocenters. The third-order valence-electron chi connectivity index (χ3n) is 3.33. The quantitative estimate of drug-likeness (QED) is 0.840. The van der Waals surface area contributed by atoms with E-state index in [1.807, 2.05) is 19.1 Å². The zero-order chi connectivity index (χ0) is 18.2. The average Bonchev–Trinajstić information content (AvgIpc) is 2.61. The Labute approximate surface area is 147 Å². The summed E-state index contributed by atoms with van der Waals surface area (Å²) in [6, 6.07) is 13.9. The Hall–Kier alpha value is -3.02. The van der Waals surface area contributed by atoms with Gasteiger partial charge in [-0.15, -0.1) is 0 Å². The van der Waals surface area contributed by atoms with Gasteiger partial charge in [-0.2, -0.15) is 0 Å². The van der Waals surface area contributed by atoms with Crippen LogP contribution in [0.3, 0.4) is 0 Å². The summed E-state index contributed by atoms with van der Waals surface area (Å²) in [5.74, 6) is 0.738. The highest BCUT2D eigenvalue weighted by Crippen LogP contribution is 2.26. The molecular formula is C19H22N2O4. The first-order valence-corrected chi connectivity index (χ1v) is 7.97. The first-order valence-electron chi connectivity index (χ1n) is 7.97. The molecule has 132 valence electrons. The van der Waals surface area contributed by atoms with E-state index in [1.54, 1.807) is 50.5 Å². The predicted molar refractivity (Wildman–Crippen MR) is 96.2 cm³/mol. The lowest BCUT2D eigenvalue weighted by atomic mass is 10.2. The molecule has 0 unspecified atom stereocenters. The number of hydrogen-bond acceptors (Lipinski definition) is 4. The van der Waals surface area contributed by atoms with Crippen molar-refractivity contribution >= 4 is 17.5 Å². The number of benzene rings is 2. The number of nitrogens with zero attached hydrogens (tertiary/aromatic N) is 1. The molecule has 0 saturated carbocycles. The number of amides is 2. The van der Waals surface area contributed by atoms with Crippen LogP contribution in [-0.2, 0) is 4.79 Å². The van der Waals surface area contributed by atoms with E-state index in [-0.39, 0.29) is 18.4 Å². The van der Waals surface area contributed by atoms with Gasteiger partial charge in [-0.05, 0) is 43.3 Å². The largest absolute Gasteiger partial charge is 0.490 e. The topological polar surface area (TPSA) is 67.9 Å². The lowest BCUT2D eigenvalue weighted by molar-refractivity contribution is -0.118. The molecule has 0 bridgehead atoms. The molecule has 2 rings (SSSR count). The number of para-hydroxylation sites is 2. The van der Waals surface area contributed by atoms with Gasteiger partial charge in [0.25, 0.3) is 11.8 Å². The van der Waals surface area contributed by atoms with Crippen molar-refractivity contribution < 1.29 is 19.1 Å². The summed E-state index contributed by atoms with van der Waals surface area (Å²) in [5, 5.41) is 2.73. The van der Waals surface area contributed by atoms with Gasteiger partial charge in [0.15, 0.2) is 18.1 Å². The van der Waals surface area contributed by atoms with Crippen molar-refractivity contribution in [3.8, 4) is 11.5 Å². The van der Waals surface area contributed by atoms with E-state index < -0.39 is 0 Å². The van der Waals surface area contributed by atoms with Crippen molar-refractivity contribution in [3.05, 3.63) is 54.1 Å². The van der Waals surface area contributed by atoms with Crippen LogP contribution >= 0.6 is 0 Å². The van der Waals surface area contributed by atoms with E-state index in [0.717, 1.165) is 0 Å². The Kier molecular flexibility index (Phi) is 6.39. The molecule has 0 aliphatic carbocycles. The smallest absolute Gasteiger partial charge is 0.262 e. The van der Waals surface area contributed by atoms with Crippen molar-refractivity contribution in [1.29, 1.82) is 0 Å². The number of carbonyl (C=O) groups excluding carboxylic acids is 2. The molecule has 0 aliphatic heterocycles. The maximum absolute atomic E-state index is 12.0. The molecule has 0 radical (unpaired) electrons. The van der Waals surface area contributed by atoms with Crippen LogP contribution in [0.15, 0.2) is 48.5 Å². The number of hydrogen-bond donors (Lipinski definition) is 1.